The third kappa shape index (κ3) is 4.55. The van der Waals surface area contributed by atoms with Crippen molar-refractivity contribution in [2.24, 2.45) is 10.9 Å². The summed E-state index contributed by atoms with van der Waals surface area (Å²) in [5.74, 6) is -1.97. The molecule has 0 spiro atoms. The fraction of sp³-hybridized carbons (Fsp3) is 0.233. The van der Waals surface area contributed by atoms with E-state index in [2.05, 4.69) is 0 Å². The first-order chi connectivity index (χ1) is 19.7. The lowest BCUT2D eigenvalue weighted by Crippen LogP contribution is -2.58. The second-order valence-electron chi connectivity index (χ2n) is 9.76. The van der Waals surface area contributed by atoms with Gasteiger partial charge in [-0.2, -0.15) is 0 Å². The van der Waals surface area contributed by atoms with Crippen LogP contribution in [-0.2, 0) is 16.1 Å². The average Bonchev–Trinajstić information content (AvgIpc) is 3.24. The zero-order valence-corrected chi connectivity index (χ0v) is 23.0. The molecule has 3 atom stereocenters. The maximum atomic E-state index is 14.1. The minimum atomic E-state index is -1.26. The van der Waals surface area contributed by atoms with E-state index in [4.69, 9.17) is 23.9 Å². The van der Waals surface area contributed by atoms with E-state index in [1.807, 2.05) is 18.2 Å². The van der Waals surface area contributed by atoms with Crippen LogP contribution in [0.2, 0.25) is 0 Å². The molecule has 3 aromatic carbocycles. The molecule has 2 aliphatic heterocycles. The summed E-state index contributed by atoms with van der Waals surface area (Å²) in [5, 5.41) is 0. The molecule has 0 saturated heterocycles. The van der Waals surface area contributed by atoms with Gasteiger partial charge >= 0.3 is 5.97 Å². The van der Waals surface area contributed by atoms with Gasteiger partial charge in [-0.15, -0.1) is 0 Å². The summed E-state index contributed by atoms with van der Waals surface area (Å²) >= 11 is 1.19. The summed E-state index contributed by atoms with van der Waals surface area (Å²) in [6.45, 7) is 1.66. The topological polar surface area (TPSA) is 88.4 Å². The van der Waals surface area contributed by atoms with Crippen molar-refractivity contribution in [3.05, 3.63) is 109 Å². The third-order valence-corrected chi connectivity index (χ3v) is 8.20. The number of nitrogens with zero attached hydrogens (tertiary/aromatic N) is 2. The lowest BCUT2D eigenvalue weighted by molar-refractivity contribution is -0.158. The first-order valence-corrected chi connectivity index (χ1v) is 13.5. The van der Waals surface area contributed by atoms with Crippen molar-refractivity contribution in [3.8, 4) is 17.2 Å². The van der Waals surface area contributed by atoms with Gasteiger partial charge in [0.2, 0.25) is 5.72 Å². The second-order valence-corrected chi connectivity index (χ2v) is 10.8. The Hall–Kier alpha value is -4.51. The molecule has 0 saturated carbocycles. The Morgan fingerprint density at radius 3 is 2.66 bits per heavy atom. The van der Waals surface area contributed by atoms with E-state index in [1.165, 1.54) is 36.2 Å². The normalized spacial score (nSPS) is 20.8. The molecule has 0 amide bonds. The fourth-order valence-electron chi connectivity index (χ4n) is 5.33. The Morgan fingerprint density at radius 1 is 1.12 bits per heavy atom. The summed E-state index contributed by atoms with van der Waals surface area (Å²) in [5.41, 5.74) is 0.373. The molecule has 0 aliphatic carbocycles. The average molecular weight is 579 g/mol. The highest BCUT2D eigenvalue weighted by atomic mass is 32.1. The molecular weight excluding hydrogens is 554 g/mol. The highest BCUT2D eigenvalue weighted by molar-refractivity contribution is 7.07. The molecule has 8 nitrogen and oxygen atoms in total. The second kappa shape index (κ2) is 10.2. The summed E-state index contributed by atoms with van der Waals surface area (Å²) in [6, 6.07) is 14.9. The van der Waals surface area contributed by atoms with Crippen LogP contribution in [0, 0.1) is 17.6 Å². The van der Waals surface area contributed by atoms with Crippen molar-refractivity contribution in [1.82, 2.24) is 4.57 Å². The van der Waals surface area contributed by atoms with Gasteiger partial charge in [-0.3, -0.25) is 14.2 Å². The number of halogens is 2. The molecule has 210 valence electrons. The Kier molecular flexibility index (Phi) is 6.61. The van der Waals surface area contributed by atoms with Crippen LogP contribution in [0.1, 0.15) is 29.7 Å². The minimum Gasteiger partial charge on any atom is -0.496 e. The molecule has 0 N–H and O–H groups in total. The molecule has 4 aromatic rings. The molecule has 0 fully saturated rings. The number of hydrogen-bond donors (Lipinski definition) is 0. The van der Waals surface area contributed by atoms with Gasteiger partial charge in [-0.25, -0.2) is 13.8 Å². The van der Waals surface area contributed by atoms with Crippen molar-refractivity contribution in [3.63, 3.8) is 0 Å². The first-order valence-electron chi connectivity index (χ1n) is 12.7. The van der Waals surface area contributed by atoms with Crippen molar-refractivity contribution < 1.29 is 32.5 Å². The highest BCUT2D eigenvalue weighted by Crippen LogP contribution is 2.47. The lowest BCUT2D eigenvalue weighted by atomic mass is 9.81. The number of ether oxygens (including phenoxy) is 4. The van der Waals surface area contributed by atoms with Gasteiger partial charge in [0.25, 0.3) is 5.56 Å². The predicted molar refractivity (Wildman–Crippen MR) is 146 cm³/mol. The summed E-state index contributed by atoms with van der Waals surface area (Å²) in [6.07, 6.45) is 1.71. The van der Waals surface area contributed by atoms with Crippen molar-refractivity contribution >= 4 is 23.4 Å². The van der Waals surface area contributed by atoms with E-state index < -0.39 is 35.3 Å². The number of para-hydroxylation sites is 1. The van der Waals surface area contributed by atoms with Gasteiger partial charge in [-0.1, -0.05) is 35.6 Å². The van der Waals surface area contributed by atoms with Gasteiger partial charge in [0.1, 0.15) is 29.8 Å². The number of carbonyl (C=O) groups excluding carboxylic acids is 1. The molecule has 2 bridgehead atoms. The molecule has 0 radical (unpaired) electrons. The summed E-state index contributed by atoms with van der Waals surface area (Å²) in [7, 11) is 2.80. The smallest absolute Gasteiger partial charge is 0.317 e. The molecule has 6 rings (SSSR count). The zero-order chi connectivity index (χ0) is 28.9. The fourth-order valence-corrected chi connectivity index (χ4v) is 6.43. The van der Waals surface area contributed by atoms with Crippen molar-refractivity contribution in [2.45, 2.75) is 25.3 Å². The van der Waals surface area contributed by atoms with E-state index in [0.29, 0.717) is 37.5 Å². The minimum absolute atomic E-state index is 0.0575. The standard InChI is InChI=1S/C30H24F2N2O6S/c1-30-25(28(36)38-3)26(19-6-4-5-7-22(19)40-30)34-27(35)24(41-29(34)33-30)13-16-8-10-21(37-2)17(12-16)15-39-23-11-9-18(31)14-20(23)32/h4-14,25-26H,15H2,1-3H3/b24-13+/t25-,26-,30+/m1/s1. The van der Waals surface area contributed by atoms with Crippen LogP contribution in [0.3, 0.4) is 0 Å². The van der Waals surface area contributed by atoms with E-state index in [0.717, 1.165) is 12.1 Å². The van der Waals surface area contributed by atoms with Crippen LogP contribution < -0.4 is 29.1 Å². The highest BCUT2D eigenvalue weighted by Gasteiger charge is 2.55. The molecule has 2 aliphatic rings. The Balaban J connectivity index is 1.43. The Morgan fingerprint density at radius 2 is 1.90 bits per heavy atom. The number of aromatic nitrogens is 1. The van der Waals surface area contributed by atoms with Gasteiger partial charge in [-0.05, 0) is 48.9 Å². The molecule has 3 heterocycles. The van der Waals surface area contributed by atoms with Crippen LogP contribution in [0.15, 0.2) is 70.5 Å². The Labute approximate surface area is 236 Å². The molecule has 1 aromatic heterocycles. The maximum absolute atomic E-state index is 14.1. The number of hydrogen-bond acceptors (Lipinski definition) is 8. The van der Waals surface area contributed by atoms with E-state index in [1.54, 1.807) is 37.3 Å². The van der Waals surface area contributed by atoms with Gasteiger partial charge in [0.15, 0.2) is 16.4 Å². The van der Waals surface area contributed by atoms with Crippen LogP contribution in [0.5, 0.6) is 17.2 Å². The number of carbonyl (C=O) groups is 1. The van der Waals surface area contributed by atoms with Crippen LogP contribution >= 0.6 is 11.3 Å². The van der Waals surface area contributed by atoms with E-state index in [-0.39, 0.29) is 17.9 Å². The first kappa shape index (κ1) is 26.7. The predicted octanol–water partition coefficient (Wildman–Crippen LogP) is 3.72. The lowest BCUT2D eigenvalue weighted by Gasteiger charge is -2.44. The molecular formula is C30H24F2N2O6S. The van der Waals surface area contributed by atoms with Gasteiger partial charge in [0, 0.05) is 17.2 Å². The number of benzene rings is 3. The van der Waals surface area contributed by atoms with Crippen molar-refractivity contribution in [2.75, 3.05) is 14.2 Å². The molecule has 0 unspecified atom stereocenters. The monoisotopic (exact) mass is 578 g/mol. The third-order valence-electron chi connectivity index (χ3n) is 7.21. The number of fused-ring (bicyclic) bond motifs is 6. The number of rotatable bonds is 6. The largest absolute Gasteiger partial charge is 0.496 e. The van der Waals surface area contributed by atoms with E-state index in [9.17, 15) is 18.4 Å². The summed E-state index contributed by atoms with van der Waals surface area (Å²) < 4.78 is 51.6. The number of thiazole rings is 1. The Bertz CT molecular complexity index is 1870. The van der Waals surface area contributed by atoms with Crippen LogP contribution in [-0.4, -0.2) is 30.5 Å². The molecule has 11 heteroatoms. The number of esters is 1. The van der Waals surface area contributed by atoms with Gasteiger partial charge < -0.3 is 18.9 Å². The molecule has 41 heavy (non-hydrogen) atoms. The van der Waals surface area contributed by atoms with Crippen LogP contribution in [0.25, 0.3) is 6.08 Å². The maximum Gasteiger partial charge on any atom is 0.317 e. The van der Waals surface area contributed by atoms with Crippen LogP contribution in [0.4, 0.5) is 8.78 Å². The quantitative estimate of drug-likeness (QED) is 0.324. The summed E-state index contributed by atoms with van der Waals surface area (Å²) in [4.78, 5) is 32.0. The van der Waals surface area contributed by atoms with Gasteiger partial charge in [0.05, 0.1) is 24.8 Å². The SMILES string of the molecule is COC(=O)[C@H]1[C@H]2c3ccccc3O[C@]1(C)N=c1s/c(=C/c3ccc(OC)c(COc4ccc(F)cc4F)c3)c(=O)n12. The zero-order valence-electron chi connectivity index (χ0n) is 22.2. The number of methoxy groups -OCH3 is 2. The van der Waals surface area contributed by atoms with Crippen molar-refractivity contribution in [1.29, 1.82) is 0 Å². The van der Waals surface area contributed by atoms with E-state index >= 15 is 0 Å².